The second kappa shape index (κ2) is 10.8. The van der Waals surface area contributed by atoms with Crippen molar-refractivity contribution in [2.75, 3.05) is 0 Å². The van der Waals surface area contributed by atoms with Gasteiger partial charge in [-0.2, -0.15) is 0 Å². The molecule has 0 spiro atoms. The third-order valence-electron chi connectivity index (χ3n) is 11.1. The van der Waals surface area contributed by atoms with Crippen LogP contribution in [0.2, 0.25) is 0 Å². The smallest absolute Gasteiger partial charge is 0.434 e. The fraction of sp³-hybridized carbons (Fsp3) is 0. The summed E-state index contributed by atoms with van der Waals surface area (Å²) in [4.78, 5) is 0. The van der Waals surface area contributed by atoms with Crippen molar-refractivity contribution < 1.29 is 13.8 Å². The highest BCUT2D eigenvalue weighted by Gasteiger charge is 2.41. The first-order valence-corrected chi connectivity index (χ1v) is 18.0. The number of aromatic nitrogens is 1. The highest BCUT2D eigenvalue weighted by atomic mass is 16.5. The summed E-state index contributed by atoms with van der Waals surface area (Å²) in [6.45, 7) is -0.300. The Bertz CT molecular complexity index is 3100. The van der Waals surface area contributed by atoms with E-state index in [0.717, 1.165) is 100 Å². The first kappa shape index (κ1) is 28.7. The fourth-order valence-electron chi connectivity index (χ4n) is 8.72. The molecular weight excluding hydrogens is 649 g/mol. The third kappa shape index (κ3) is 4.13. The van der Waals surface area contributed by atoms with Crippen molar-refractivity contribution in [2.24, 2.45) is 0 Å². The molecule has 4 heterocycles. The van der Waals surface area contributed by atoms with Crippen LogP contribution in [0, 0.1) is 0 Å². The molecule has 2 aliphatic rings. The number of rotatable bonds is 3. The molecule has 0 saturated carbocycles. The van der Waals surface area contributed by atoms with Crippen LogP contribution in [0.4, 0.5) is 0 Å². The number of hydrogen-bond acceptors (Lipinski definition) is 3. The number of furan rings is 1. The van der Waals surface area contributed by atoms with Crippen molar-refractivity contribution >= 4 is 61.6 Å². The Hall–Kier alpha value is -6.98. The lowest BCUT2D eigenvalue weighted by Gasteiger charge is -2.33. The molecule has 5 heteroatoms. The zero-order chi connectivity index (χ0) is 34.6. The van der Waals surface area contributed by atoms with E-state index >= 15 is 0 Å². The van der Waals surface area contributed by atoms with E-state index in [1.165, 1.54) is 10.8 Å². The zero-order valence-corrected chi connectivity index (χ0v) is 28.4. The van der Waals surface area contributed by atoms with E-state index < -0.39 is 0 Å². The van der Waals surface area contributed by atoms with Crippen LogP contribution in [0.5, 0.6) is 17.2 Å². The number of nitrogens with zero attached hydrogens (tertiary/aromatic N) is 1. The molecule has 0 amide bonds. The van der Waals surface area contributed by atoms with Crippen molar-refractivity contribution in [3.8, 4) is 56.3 Å². The maximum Gasteiger partial charge on any atom is 0.434 e. The Labute approximate surface area is 305 Å². The molecule has 0 N–H and O–H groups in total. The third-order valence-corrected chi connectivity index (χ3v) is 11.1. The highest BCUT2D eigenvalue weighted by molar-refractivity contribution is 6.84. The SMILES string of the molecule is c1ccc2c(c1)OB1c3ccc(-n4c5ccccc5c5ccccc54)cc3Oc3cc(-c4ccccc4-c4ccc5c(c4)oc4ccccc45)cc-2c31. The van der Waals surface area contributed by atoms with Crippen LogP contribution in [-0.2, 0) is 0 Å². The molecule has 0 aliphatic carbocycles. The quantitative estimate of drug-likeness (QED) is 0.175. The number of hydrogen-bond donors (Lipinski definition) is 0. The van der Waals surface area contributed by atoms with Gasteiger partial charge in [-0.1, -0.05) is 109 Å². The molecule has 10 aromatic rings. The van der Waals surface area contributed by atoms with E-state index in [0.29, 0.717) is 0 Å². The second-order valence-electron chi connectivity index (χ2n) is 14.0. The standard InChI is InChI=1S/C48H28BNO3/c1-2-12-33(32(11-1)29-21-23-38-36-15-5-9-19-43(36)51-45(38)26-29)30-25-39-37-16-6-10-20-44(37)53-49-40-24-22-31(28-46(40)52-47(27-30)48(39)49)50-41-17-7-3-13-34(41)35-14-4-8-18-42(35)50/h1-28H. The molecule has 4 nitrogen and oxygen atoms in total. The predicted octanol–water partition coefficient (Wildman–Crippen LogP) is 11.3. The number of para-hydroxylation sites is 4. The van der Waals surface area contributed by atoms with E-state index in [1.54, 1.807) is 0 Å². The highest BCUT2D eigenvalue weighted by Crippen LogP contribution is 2.44. The van der Waals surface area contributed by atoms with Gasteiger partial charge < -0.3 is 18.4 Å². The summed E-state index contributed by atoms with van der Waals surface area (Å²) in [5, 5.41) is 4.71. The topological polar surface area (TPSA) is 36.5 Å². The molecular formula is C48H28BNO3. The largest absolute Gasteiger partial charge is 0.551 e. The Kier molecular flexibility index (Phi) is 5.83. The normalized spacial score (nSPS) is 12.8. The van der Waals surface area contributed by atoms with Gasteiger partial charge in [0.15, 0.2) is 0 Å². The molecule has 0 bridgehead atoms. The van der Waals surface area contributed by atoms with Crippen molar-refractivity contribution in [3.63, 3.8) is 0 Å². The van der Waals surface area contributed by atoms with Crippen LogP contribution in [0.1, 0.15) is 0 Å². The average molecular weight is 678 g/mol. The zero-order valence-electron chi connectivity index (χ0n) is 28.4. The first-order chi connectivity index (χ1) is 26.3. The molecule has 2 aromatic heterocycles. The Balaban J connectivity index is 1.04. The van der Waals surface area contributed by atoms with Crippen molar-refractivity contribution in [1.29, 1.82) is 0 Å². The summed E-state index contributed by atoms with van der Waals surface area (Å²) in [7, 11) is 0. The molecule has 53 heavy (non-hydrogen) atoms. The second-order valence-corrected chi connectivity index (χ2v) is 14.0. The summed E-state index contributed by atoms with van der Waals surface area (Å²) in [6, 6.07) is 59.9. The molecule has 12 rings (SSSR count). The van der Waals surface area contributed by atoms with E-state index in [9.17, 15) is 0 Å². The summed E-state index contributed by atoms with van der Waals surface area (Å²) < 4.78 is 22.5. The maximum absolute atomic E-state index is 6.99. The Morgan fingerprint density at radius 1 is 0.415 bits per heavy atom. The lowest BCUT2D eigenvalue weighted by Crippen LogP contribution is -2.53. The van der Waals surface area contributed by atoms with Crippen LogP contribution in [-0.4, -0.2) is 11.5 Å². The summed E-state index contributed by atoms with van der Waals surface area (Å²) in [5.41, 5.74) is 13.9. The van der Waals surface area contributed by atoms with E-state index in [4.69, 9.17) is 13.8 Å². The van der Waals surface area contributed by atoms with E-state index in [2.05, 4.69) is 156 Å². The lowest BCUT2D eigenvalue weighted by molar-refractivity contribution is 0.479. The Morgan fingerprint density at radius 3 is 1.89 bits per heavy atom. The van der Waals surface area contributed by atoms with Crippen LogP contribution in [0.15, 0.2) is 174 Å². The number of fused-ring (bicyclic) bond motifs is 10. The minimum absolute atomic E-state index is 0.300. The minimum atomic E-state index is -0.300. The van der Waals surface area contributed by atoms with Crippen LogP contribution >= 0.6 is 0 Å². The summed E-state index contributed by atoms with van der Waals surface area (Å²) in [5.74, 6) is 2.48. The molecule has 2 aliphatic heterocycles. The van der Waals surface area contributed by atoms with Gasteiger partial charge in [0.25, 0.3) is 0 Å². The average Bonchev–Trinajstić information content (AvgIpc) is 3.76. The lowest BCUT2D eigenvalue weighted by atomic mass is 9.50. The van der Waals surface area contributed by atoms with Gasteiger partial charge in [0, 0.05) is 49.8 Å². The summed E-state index contributed by atoms with van der Waals surface area (Å²) >= 11 is 0. The van der Waals surface area contributed by atoms with Gasteiger partial charge in [0.05, 0.1) is 11.0 Å². The molecule has 0 fully saturated rings. The predicted molar refractivity (Wildman–Crippen MR) is 217 cm³/mol. The summed E-state index contributed by atoms with van der Waals surface area (Å²) in [6.07, 6.45) is 0. The Morgan fingerprint density at radius 2 is 1.08 bits per heavy atom. The van der Waals surface area contributed by atoms with Crippen molar-refractivity contribution in [3.05, 3.63) is 170 Å². The van der Waals surface area contributed by atoms with Crippen LogP contribution in [0.3, 0.4) is 0 Å². The van der Waals surface area contributed by atoms with Crippen molar-refractivity contribution in [1.82, 2.24) is 4.57 Å². The molecule has 8 aromatic carbocycles. The number of benzene rings is 8. The van der Waals surface area contributed by atoms with Gasteiger partial charge in [-0.25, -0.2) is 0 Å². The molecule has 0 atom stereocenters. The molecule has 246 valence electrons. The van der Waals surface area contributed by atoms with Gasteiger partial charge in [-0.05, 0) is 82.4 Å². The first-order valence-electron chi connectivity index (χ1n) is 18.0. The van der Waals surface area contributed by atoms with Gasteiger partial charge in [-0.3, -0.25) is 0 Å². The van der Waals surface area contributed by atoms with E-state index in [-0.39, 0.29) is 6.92 Å². The molecule has 0 radical (unpaired) electrons. The van der Waals surface area contributed by atoms with Gasteiger partial charge in [0.2, 0.25) is 0 Å². The molecule has 0 unspecified atom stereocenters. The van der Waals surface area contributed by atoms with Crippen molar-refractivity contribution in [2.45, 2.75) is 0 Å². The fourth-order valence-corrected chi connectivity index (χ4v) is 8.72. The van der Waals surface area contributed by atoms with E-state index in [1.807, 2.05) is 18.2 Å². The van der Waals surface area contributed by atoms with Gasteiger partial charge in [0.1, 0.15) is 28.4 Å². The van der Waals surface area contributed by atoms with Gasteiger partial charge in [-0.15, -0.1) is 0 Å². The molecule has 0 saturated heterocycles. The number of ether oxygens (including phenoxy) is 1. The van der Waals surface area contributed by atoms with Gasteiger partial charge >= 0.3 is 6.92 Å². The monoisotopic (exact) mass is 677 g/mol. The van der Waals surface area contributed by atoms with Crippen LogP contribution < -0.4 is 20.3 Å². The maximum atomic E-state index is 6.99. The minimum Gasteiger partial charge on any atom is -0.551 e. The van der Waals surface area contributed by atoms with Crippen LogP contribution in [0.25, 0.3) is 82.8 Å².